The summed E-state index contributed by atoms with van der Waals surface area (Å²) in [7, 11) is 0. The molecule has 0 radical (unpaired) electrons. The van der Waals surface area contributed by atoms with Crippen molar-refractivity contribution >= 4 is 31.9 Å². The van der Waals surface area contributed by atoms with Gasteiger partial charge in [-0.15, -0.1) is 0 Å². The van der Waals surface area contributed by atoms with Crippen LogP contribution in [0.3, 0.4) is 0 Å². The Morgan fingerprint density at radius 3 is 2.57 bits per heavy atom. The van der Waals surface area contributed by atoms with E-state index in [0.717, 1.165) is 6.42 Å². The summed E-state index contributed by atoms with van der Waals surface area (Å²) >= 11 is 7.41. The van der Waals surface area contributed by atoms with Crippen molar-refractivity contribution in [2.75, 3.05) is 0 Å². The van der Waals surface area contributed by atoms with Gasteiger partial charge in [0, 0.05) is 15.6 Å². The highest BCUT2D eigenvalue weighted by atomic mass is 79.9. The molecule has 0 bridgehead atoms. The third-order valence-corrected chi connectivity index (χ3v) is 5.57. The second kappa shape index (κ2) is 4.80. The van der Waals surface area contributed by atoms with E-state index in [0.29, 0.717) is 15.6 Å². The Kier molecular flexibility index (Phi) is 3.67. The van der Waals surface area contributed by atoms with Crippen molar-refractivity contribution in [3.05, 3.63) is 36.0 Å². The Hall–Kier alpha value is 0.180. The molecule has 0 aliphatic heterocycles. The quantitative estimate of drug-likeness (QED) is 0.498. The molecule has 76 valence electrons. The topological polar surface area (TPSA) is 0 Å². The lowest BCUT2D eigenvalue weighted by atomic mass is 9.85. The number of rotatable bonds is 1. The maximum Gasteiger partial charge on any atom is 0.0311 e. The molecule has 0 aromatic carbocycles. The molecule has 0 aromatic heterocycles. The molecule has 0 N–H and O–H groups in total. The summed E-state index contributed by atoms with van der Waals surface area (Å²) in [6.45, 7) is 0. The predicted molar refractivity (Wildman–Crippen MR) is 69.1 cm³/mol. The van der Waals surface area contributed by atoms with Crippen LogP contribution in [0.1, 0.15) is 19.3 Å². The average molecular weight is 318 g/mol. The first-order valence-electron chi connectivity index (χ1n) is 5.08. The van der Waals surface area contributed by atoms with Crippen molar-refractivity contribution in [3.8, 4) is 0 Å². The summed E-state index contributed by atoms with van der Waals surface area (Å²) in [6, 6.07) is 0. The summed E-state index contributed by atoms with van der Waals surface area (Å²) in [4.78, 5) is 1.20. The van der Waals surface area contributed by atoms with Crippen molar-refractivity contribution in [2.24, 2.45) is 5.92 Å². The number of hydrogen-bond donors (Lipinski definition) is 0. The van der Waals surface area contributed by atoms with Gasteiger partial charge in [0.05, 0.1) is 0 Å². The SMILES string of the molecule is BrC1CC=C(C2C=CC=CC2)CC1Br. The lowest BCUT2D eigenvalue weighted by Crippen LogP contribution is -2.21. The summed E-state index contributed by atoms with van der Waals surface area (Å²) in [5.74, 6) is 0.653. The molecule has 2 aliphatic rings. The zero-order valence-corrected chi connectivity index (χ0v) is 11.2. The number of hydrogen-bond acceptors (Lipinski definition) is 0. The molecular weight excluding hydrogens is 304 g/mol. The van der Waals surface area contributed by atoms with E-state index in [2.05, 4.69) is 62.2 Å². The molecule has 0 saturated heterocycles. The van der Waals surface area contributed by atoms with Crippen LogP contribution in [0, 0.1) is 5.92 Å². The van der Waals surface area contributed by atoms with E-state index < -0.39 is 0 Å². The molecule has 0 amide bonds. The van der Waals surface area contributed by atoms with Crippen LogP contribution in [0.15, 0.2) is 36.0 Å². The van der Waals surface area contributed by atoms with E-state index in [1.807, 2.05) is 0 Å². The molecular formula is C12H14Br2. The van der Waals surface area contributed by atoms with Gasteiger partial charge in [-0.1, -0.05) is 67.8 Å². The predicted octanol–water partition coefficient (Wildman–Crippen LogP) is 4.37. The molecule has 0 fully saturated rings. The summed E-state index contributed by atoms with van der Waals surface area (Å²) in [5.41, 5.74) is 1.60. The fraction of sp³-hybridized carbons (Fsp3) is 0.500. The Labute approximate surface area is 102 Å². The van der Waals surface area contributed by atoms with E-state index in [1.54, 1.807) is 5.57 Å². The molecule has 0 spiro atoms. The molecule has 0 heterocycles. The average Bonchev–Trinajstić information content (AvgIpc) is 2.23. The molecule has 0 aromatic rings. The Balaban J connectivity index is 2.05. The first kappa shape index (κ1) is 10.7. The van der Waals surface area contributed by atoms with E-state index >= 15 is 0 Å². The minimum atomic E-state index is 0.599. The van der Waals surface area contributed by atoms with Gasteiger partial charge in [-0.3, -0.25) is 0 Å². The maximum atomic E-state index is 3.73. The maximum absolute atomic E-state index is 3.73. The first-order chi connectivity index (χ1) is 6.77. The Bertz CT molecular complexity index is 289. The van der Waals surface area contributed by atoms with Gasteiger partial charge in [-0.25, -0.2) is 0 Å². The smallest absolute Gasteiger partial charge is 0.0311 e. The molecule has 0 nitrogen and oxygen atoms in total. The van der Waals surface area contributed by atoms with Gasteiger partial charge in [0.15, 0.2) is 0 Å². The van der Waals surface area contributed by atoms with Gasteiger partial charge in [-0.05, 0) is 19.3 Å². The van der Waals surface area contributed by atoms with E-state index in [-0.39, 0.29) is 0 Å². The highest BCUT2D eigenvalue weighted by molar-refractivity contribution is 9.12. The largest absolute Gasteiger partial charge is 0.0875 e. The van der Waals surface area contributed by atoms with Crippen LogP contribution in [0.2, 0.25) is 0 Å². The molecule has 2 aliphatic carbocycles. The number of halogens is 2. The minimum Gasteiger partial charge on any atom is -0.0875 e. The molecule has 0 saturated carbocycles. The number of allylic oxidation sites excluding steroid dienone is 6. The van der Waals surface area contributed by atoms with Crippen molar-refractivity contribution in [1.29, 1.82) is 0 Å². The highest BCUT2D eigenvalue weighted by Crippen LogP contribution is 2.35. The third-order valence-electron chi connectivity index (χ3n) is 2.89. The summed E-state index contributed by atoms with van der Waals surface area (Å²) in [5, 5.41) is 0. The van der Waals surface area contributed by atoms with Crippen molar-refractivity contribution in [1.82, 2.24) is 0 Å². The second-order valence-electron chi connectivity index (χ2n) is 3.91. The molecule has 3 unspecified atom stereocenters. The van der Waals surface area contributed by atoms with Crippen molar-refractivity contribution in [2.45, 2.75) is 28.9 Å². The monoisotopic (exact) mass is 316 g/mol. The van der Waals surface area contributed by atoms with Crippen LogP contribution in [0.4, 0.5) is 0 Å². The lowest BCUT2D eigenvalue weighted by molar-refractivity contribution is 0.652. The van der Waals surface area contributed by atoms with Gasteiger partial charge < -0.3 is 0 Å². The highest BCUT2D eigenvalue weighted by Gasteiger charge is 2.24. The molecule has 14 heavy (non-hydrogen) atoms. The number of alkyl halides is 2. The summed E-state index contributed by atoms with van der Waals surface area (Å²) < 4.78 is 0. The fourth-order valence-corrected chi connectivity index (χ4v) is 2.97. The van der Waals surface area contributed by atoms with Crippen molar-refractivity contribution < 1.29 is 0 Å². The normalized spacial score (nSPS) is 37.0. The minimum absolute atomic E-state index is 0.599. The lowest BCUT2D eigenvalue weighted by Gasteiger charge is -2.27. The zero-order chi connectivity index (χ0) is 9.97. The van der Waals surface area contributed by atoms with Gasteiger partial charge >= 0.3 is 0 Å². The van der Waals surface area contributed by atoms with Gasteiger partial charge in [0.1, 0.15) is 0 Å². The fourth-order valence-electron chi connectivity index (χ4n) is 2.01. The zero-order valence-electron chi connectivity index (χ0n) is 8.00. The van der Waals surface area contributed by atoms with Crippen LogP contribution in [-0.4, -0.2) is 9.65 Å². The van der Waals surface area contributed by atoms with Gasteiger partial charge in [0.25, 0.3) is 0 Å². The molecule has 3 atom stereocenters. The van der Waals surface area contributed by atoms with Crippen LogP contribution in [0.25, 0.3) is 0 Å². The first-order valence-corrected chi connectivity index (χ1v) is 6.91. The second-order valence-corrected chi connectivity index (χ2v) is 6.26. The Morgan fingerprint density at radius 2 is 1.93 bits per heavy atom. The third kappa shape index (κ3) is 2.40. The van der Waals surface area contributed by atoms with Crippen LogP contribution < -0.4 is 0 Å². The van der Waals surface area contributed by atoms with Crippen LogP contribution in [-0.2, 0) is 0 Å². The van der Waals surface area contributed by atoms with E-state index in [4.69, 9.17) is 0 Å². The molecule has 2 heteroatoms. The Morgan fingerprint density at radius 1 is 1.07 bits per heavy atom. The van der Waals surface area contributed by atoms with E-state index in [9.17, 15) is 0 Å². The molecule has 2 rings (SSSR count). The van der Waals surface area contributed by atoms with E-state index in [1.165, 1.54) is 12.8 Å². The van der Waals surface area contributed by atoms with Gasteiger partial charge in [-0.2, -0.15) is 0 Å². The van der Waals surface area contributed by atoms with Crippen LogP contribution >= 0.6 is 31.9 Å². The van der Waals surface area contributed by atoms with Crippen molar-refractivity contribution in [3.63, 3.8) is 0 Å². The summed E-state index contributed by atoms with van der Waals surface area (Å²) in [6.07, 6.45) is 14.8. The standard InChI is InChI=1S/C12H14Br2/c13-11-7-6-10(8-12(11)14)9-4-2-1-3-5-9/h1-4,6,9,11-12H,5,7-8H2. The van der Waals surface area contributed by atoms with Gasteiger partial charge in [0.2, 0.25) is 0 Å². The van der Waals surface area contributed by atoms with Crippen LogP contribution in [0.5, 0.6) is 0 Å².